The van der Waals surface area contributed by atoms with Crippen LogP contribution in [0.3, 0.4) is 0 Å². The fraction of sp³-hybridized carbons (Fsp3) is 0.818. The van der Waals surface area contributed by atoms with E-state index in [2.05, 4.69) is 0 Å². The zero-order chi connectivity index (χ0) is 13.2. The third-order valence-corrected chi connectivity index (χ3v) is 3.15. The second-order valence-corrected chi connectivity index (χ2v) is 4.90. The number of rotatable bonds is 4. The van der Waals surface area contributed by atoms with Crippen molar-refractivity contribution < 1.29 is 19.8 Å². The first-order chi connectivity index (χ1) is 7.82. The lowest BCUT2D eigenvalue weighted by atomic mass is 10.0. The van der Waals surface area contributed by atoms with Crippen LogP contribution < -0.4 is 5.73 Å². The highest BCUT2D eigenvalue weighted by molar-refractivity contribution is 5.84. The molecule has 3 atom stereocenters. The Morgan fingerprint density at radius 3 is 2.53 bits per heavy atom. The van der Waals surface area contributed by atoms with Crippen LogP contribution in [0.25, 0.3) is 0 Å². The van der Waals surface area contributed by atoms with Crippen LogP contribution in [0.4, 0.5) is 0 Å². The summed E-state index contributed by atoms with van der Waals surface area (Å²) in [6, 6.07) is -1.20. The monoisotopic (exact) mass is 244 g/mol. The largest absolute Gasteiger partial charge is 0.480 e. The first-order valence-corrected chi connectivity index (χ1v) is 5.78. The molecule has 6 heteroatoms. The van der Waals surface area contributed by atoms with E-state index in [1.54, 1.807) is 0 Å². The van der Waals surface area contributed by atoms with Gasteiger partial charge in [0.15, 0.2) is 0 Å². The molecular formula is C11H20N2O4. The molecule has 17 heavy (non-hydrogen) atoms. The molecule has 6 nitrogen and oxygen atoms in total. The van der Waals surface area contributed by atoms with Gasteiger partial charge in [-0.1, -0.05) is 13.8 Å². The Morgan fingerprint density at radius 1 is 1.47 bits per heavy atom. The third-order valence-electron chi connectivity index (χ3n) is 3.15. The molecule has 0 bridgehead atoms. The van der Waals surface area contributed by atoms with Gasteiger partial charge in [0, 0.05) is 25.4 Å². The number of β-amino-alcohol motifs (C(OH)–C–C–N with tert-alkyl or cyclic N) is 1. The van der Waals surface area contributed by atoms with Gasteiger partial charge in [-0.05, 0) is 5.92 Å². The molecule has 1 amide bonds. The van der Waals surface area contributed by atoms with Gasteiger partial charge in [-0.2, -0.15) is 0 Å². The Labute approximate surface area is 100 Å². The van der Waals surface area contributed by atoms with Crippen LogP contribution in [0.15, 0.2) is 0 Å². The molecule has 1 heterocycles. The summed E-state index contributed by atoms with van der Waals surface area (Å²) in [4.78, 5) is 24.1. The number of amides is 1. The Morgan fingerprint density at radius 2 is 2.06 bits per heavy atom. The van der Waals surface area contributed by atoms with Crippen molar-refractivity contribution in [1.82, 2.24) is 4.90 Å². The molecule has 1 aliphatic heterocycles. The van der Waals surface area contributed by atoms with E-state index in [9.17, 15) is 14.7 Å². The molecule has 0 aromatic heterocycles. The van der Waals surface area contributed by atoms with Gasteiger partial charge in [0.1, 0.15) is 6.04 Å². The van der Waals surface area contributed by atoms with Crippen LogP contribution in [0.2, 0.25) is 0 Å². The van der Waals surface area contributed by atoms with Gasteiger partial charge in [0.2, 0.25) is 5.91 Å². The van der Waals surface area contributed by atoms with Crippen LogP contribution in [0, 0.1) is 5.92 Å². The molecule has 0 aliphatic carbocycles. The van der Waals surface area contributed by atoms with Gasteiger partial charge in [0.25, 0.3) is 0 Å². The number of carbonyl (C=O) groups is 2. The van der Waals surface area contributed by atoms with Crippen molar-refractivity contribution in [2.75, 3.05) is 6.54 Å². The van der Waals surface area contributed by atoms with Crippen molar-refractivity contribution in [3.05, 3.63) is 0 Å². The van der Waals surface area contributed by atoms with Crippen molar-refractivity contribution in [3.8, 4) is 0 Å². The molecule has 0 saturated carbocycles. The summed E-state index contributed by atoms with van der Waals surface area (Å²) in [5.74, 6) is -1.21. The summed E-state index contributed by atoms with van der Waals surface area (Å²) in [5.41, 5.74) is 5.78. The topological polar surface area (TPSA) is 104 Å². The lowest BCUT2D eigenvalue weighted by Gasteiger charge is -2.24. The SMILES string of the molecule is CC(C)C(N)CC(=O)N1CC(O)CC1C(=O)O. The molecule has 98 valence electrons. The highest BCUT2D eigenvalue weighted by Gasteiger charge is 2.39. The van der Waals surface area contributed by atoms with Crippen molar-refractivity contribution in [1.29, 1.82) is 0 Å². The first-order valence-electron chi connectivity index (χ1n) is 5.78. The number of carboxylic acids is 1. The summed E-state index contributed by atoms with van der Waals surface area (Å²) < 4.78 is 0. The minimum absolute atomic E-state index is 0.0839. The maximum Gasteiger partial charge on any atom is 0.326 e. The van der Waals surface area contributed by atoms with E-state index in [1.165, 1.54) is 4.90 Å². The predicted molar refractivity (Wildman–Crippen MR) is 61.2 cm³/mol. The van der Waals surface area contributed by atoms with Crippen LogP contribution in [0.5, 0.6) is 0 Å². The number of aliphatic hydroxyl groups excluding tert-OH is 1. The number of aliphatic carboxylic acids is 1. The number of nitrogens with zero attached hydrogens (tertiary/aromatic N) is 1. The number of carboxylic acid groups (broad SMARTS) is 1. The molecule has 0 aromatic carbocycles. The number of aliphatic hydroxyl groups is 1. The van der Waals surface area contributed by atoms with Crippen LogP contribution in [-0.2, 0) is 9.59 Å². The molecule has 0 aromatic rings. The molecule has 1 aliphatic rings. The van der Waals surface area contributed by atoms with Crippen molar-refractivity contribution in [3.63, 3.8) is 0 Å². The fourth-order valence-electron chi connectivity index (χ4n) is 1.88. The van der Waals surface area contributed by atoms with E-state index in [4.69, 9.17) is 10.8 Å². The summed E-state index contributed by atoms with van der Waals surface area (Å²) in [6.45, 7) is 3.90. The van der Waals surface area contributed by atoms with Gasteiger partial charge in [-0.15, -0.1) is 0 Å². The summed E-state index contributed by atoms with van der Waals surface area (Å²) in [7, 11) is 0. The summed E-state index contributed by atoms with van der Waals surface area (Å²) >= 11 is 0. The minimum atomic E-state index is -1.08. The lowest BCUT2D eigenvalue weighted by molar-refractivity contribution is -0.148. The molecule has 1 saturated heterocycles. The van der Waals surface area contributed by atoms with Gasteiger partial charge in [0.05, 0.1) is 6.10 Å². The zero-order valence-corrected chi connectivity index (χ0v) is 10.2. The van der Waals surface area contributed by atoms with E-state index >= 15 is 0 Å². The highest BCUT2D eigenvalue weighted by Crippen LogP contribution is 2.20. The van der Waals surface area contributed by atoms with Crippen LogP contribution in [-0.4, -0.2) is 51.7 Å². The van der Waals surface area contributed by atoms with E-state index in [-0.39, 0.29) is 37.3 Å². The van der Waals surface area contributed by atoms with E-state index in [0.29, 0.717) is 0 Å². The number of nitrogens with two attached hydrogens (primary N) is 1. The number of hydrogen-bond donors (Lipinski definition) is 3. The third kappa shape index (κ3) is 3.41. The number of hydrogen-bond acceptors (Lipinski definition) is 4. The molecule has 0 spiro atoms. The van der Waals surface area contributed by atoms with Crippen molar-refractivity contribution >= 4 is 11.9 Å². The Bertz CT molecular complexity index is 306. The molecule has 0 radical (unpaired) electrons. The van der Waals surface area contributed by atoms with E-state index in [1.807, 2.05) is 13.8 Å². The first kappa shape index (κ1) is 13.9. The lowest BCUT2D eigenvalue weighted by Crippen LogP contribution is -2.43. The predicted octanol–water partition coefficient (Wildman–Crippen LogP) is -0.594. The maximum absolute atomic E-state index is 11.9. The molecule has 3 unspecified atom stereocenters. The van der Waals surface area contributed by atoms with E-state index in [0.717, 1.165) is 0 Å². The zero-order valence-electron chi connectivity index (χ0n) is 10.2. The average Bonchev–Trinajstić information content (AvgIpc) is 2.60. The molecule has 4 N–H and O–H groups in total. The normalized spacial score (nSPS) is 26.3. The van der Waals surface area contributed by atoms with Gasteiger partial charge >= 0.3 is 5.97 Å². The average molecular weight is 244 g/mol. The van der Waals surface area contributed by atoms with E-state index < -0.39 is 18.1 Å². The Kier molecular flexibility index (Phi) is 4.47. The number of likely N-dealkylation sites (tertiary alicyclic amines) is 1. The van der Waals surface area contributed by atoms with Crippen LogP contribution in [0.1, 0.15) is 26.7 Å². The second-order valence-electron chi connectivity index (χ2n) is 4.90. The second kappa shape index (κ2) is 5.46. The summed E-state index contributed by atoms with van der Waals surface area (Å²) in [6.07, 6.45) is -0.540. The van der Waals surface area contributed by atoms with Crippen molar-refractivity contribution in [2.45, 2.75) is 44.9 Å². The van der Waals surface area contributed by atoms with Crippen molar-refractivity contribution in [2.24, 2.45) is 11.7 Å². The van der Waals surface area contributed by atoms with Crippen LogP contribution >= 0.6 is 0 Å². The molecule has 1 rings (SSSR count). The van der Waals surface area contributed by atoms with Gasteiger partial charge in [-0.3, -0.25) is 4.79 Å². The maximum atomic E-state index is 11.9. The standard InChI is InChI=1S/C11H20N2O4/c1-6(2)8(12)4-10(15)13-5-7(14)3-9(13)11(16)17/h6-9,14H,3-5,12H2,1-2H3,(H,16,17). The molecule has 1 fully saturated rings. The van der Waals surface area contributed by atoms with Gasteiger partial charge in [-0.25, -0.2) is 4.79 Å². The Balaban J connectivity index is 2.64. The van der Waals surface area contributed by atoms with Gasteiger partial charge < -0.3 is 20.8 Å². The summed E-state index contributed by atoms with van der Waals surface area (Å²) in [5, 5.41) is 18.4. The Hall–Kier alpha value is -1.14. The quantitative estimate of drug-likeness (QED) is 0.613. The highest BCUT2D eigenvalue weighted by atomic mass is 16.4. The smallest absolute Gasteiger partial charge is 0.326 e. The fourth-order valence-corrected chi connectivity index (χ4v) is 1.88. The minimum Gasteiger partial charge on any atom is -0.480 e. The number of carbonyl (C=O) groups excluding carboxylic acids is 1. The molecular weight excluding hydrogens is 224 g/mol.